The van der Waals surface area contributed by atoms with Crippen molar-refractivity contribution in [1.29, 1.82) is 0 Å². The van der Waals surface area contributed by atoms with E-state index in [2.05, 4.69) is 17.1 Å². The number of hydrogen-bond acceptors (Lipinski definition) is 4. The van der Waals surface area contributed by atoms with Gasteiger partial charge in [-0.2, -0.15) is 0 Å². The lowest BCUT2D eigenvalue weighted by Gasteiger charge is -2.12. The lowest BCUT2D eigenvalue weighted by molar-refractivity contribution is 0.496. The molecule has 0 bridgehead atoms. The molecule has 116 valence electrons. The van der Waals surface area contributed by atoms with Crippen LogP contribution in [-0.4, -0.2) is 23.2 Å². The minimum absolute atomic E-state index is 0.0200. The summed E-state index contributed by atoms with van der Waals surface area (Å²) in [7, 11) is -3.81. The van der Waals surface area contributed by atoms with Gasteiger partial charge in [-0.25, -0.2) is 13.6 Å². The number of rotatable bonds is 9. The van der Waals surface area contributed by atoms with Crippen LogP contribution in [0.2, 0.25) is 0 Å². The van der Waals surface area contributed by atoms with Crippen LogP contribution in [0.4, 0.5) is 0 Å². The first-order chi connectivity index (χ1) is 9.38. The second-order valence-electron chi connectivity index (χ2n) is 5.43. The third kappa shape index (κ3) is 4.86. The van der Waals surface area contributed by atoms with Gasteiger partial charge in [-0.1, -0.05) is 39.0 Å². The van der Waals surface area contributed by atoms with Crippen LogP contribution >= 0.6 is 0 Å². The zero-order valence-corrected chi connectivity index (χ0v) is 13.5. The van der Waals surface area contributed by atoms with Crippen molar-refractivity contribution in [2.45, 2.75) is 76.9 Å². The molecule has 0 fully saturated rings. The van der Waals surface area contributed by atoms with Gasteiger partial charge in [0, 0.05) is 12.5 Å². The van der Waals surface area contributed by atoms with Crippen molar-refractivity contribution in [2.75, 3.05) is 0 Å². The SMILES string of the molecule is CCCCCCCCc1nnc(S(N)(=O)=O)n1C(C)C. The van der Waals surface area contributed by atoms with Crippen LogP contribution < -0.4 is 5.14 Å². The van der Waals surface area contributed by atoms with Gasteiger partial charge >= 0.3 is 0 Å². The molecular weight excluding hydrogens is 276 g/mol. The van der Waals surface area contributed by atoms with Gasteiger partial charge in [0.15, 0.2) is 0 Å². The normalized spacial score (nSPS) is 12.2. The zero-order chi connectivity index (χ0) is 15.2. The molecule has 0 unspecified atom stereocenters. The minimum atomic E-state index is -3.81. The van der Waals surface area contributed by atoms with E-state index < -0.39 is 10.0 Å². The van der Waals surface area contributed by atoms with Crippen LogP contribution in [-0.2, 0) is 16.4 Å². The van der Waals surface area contributed by atoms with Crippen LogP contribution in [0.5, 0.6) is 0 Å². The summed E-state index contributed by atoms with van der Waals surface area (Å²) in [6, 6.07) is -0.0200. The first kappa shape index (κ1) is 17.1. The summed E-state index contributed by atoms with van der Waals surface area (Å²) in [5, 5.41) is 12.8. The van der Waals surface area contributed by atoms with E-state index in [1.807, 2.05) is 13.8 Å². The molecule has 1 rings (SSSR count). The first-order valence-corrected chi connectivity index (χ1v) is 8.89. The Balaban J connectivity index is 2.65. The molecule has 0 saturated carbocycles. The van der Waals surface area contributed by atoms with E-state index in [-0.39, 0.29) is 11.2 Å². The minimum Gasteiger partial charge on any atom is -0.298 e. The maximum absolute atomic E-state index is 11.5. The highest BCUT2D eigenvalue weighted by Gasteiger charge is 2.22. The van der Waals surface area contributed by atoms with E-state index in [0.29, 0.717) is 5.82 Å². The van der Waals surface area contributed by atoms with Crippen LogP contribution in [0.15, 0.2) is 5.16 Å². The van der Waals surface area contributed by atoms with Crippen molar-refractivity contribution in [2.24, 2.45) is 5.14 Å². The molecule has 1 heterocycles. The van der Waals surface area contributed by atoms with E-state index in [9.17, 15) is 8.42 Å². The van der Waals surface area contributed by atoms with Gasteiger partial charge in [0.2, 0.25) is 0 Å². The molecule has 2 N–H and O–H groups in total. The number of hydrogen-bond donors (Lipinski definition) is 1. The number of sulfonamides is 1. The molecule has 0 aromatic carbocycles. The molecule has 20 heavy (non-hydrogen) atoms. The van der Waals surface area contributed by atoms with E-state index in [4.69, 9.17) is 5.14 Å². The largest absolute Gasteiger partial charge is 0.298 e. The molecule has 1 aromatic rings. The lowest BCUT2D eigenvalue weighted by atomic mass is 10.1. The van der Waals surface area contributed by atoms with Crippen molar-refractivity contribution in [3.05, 3.63) is 5.82 Å². The quantitative estimate of drug-likeness (QED) is 0.709. The van der Waals surface area contributed by atoms with E-state index in [0.717, 1.165) is 19.3 Å². The molecule has 7 heteroatoms. The Hall–Kier alpha value is -0.950. The van der Waals surface area contributed by atoms with Gasteiger partial charge in [0.1, 0.15) is 5.82 Å². The van der Waals surface area contributed by atoms with E-state index in [1.54, 1.807) is 4.57 Å². The maximum Gasteiger partial charge on any atom is 0.273 e. The number of aryl methyl sites for hydroxylation is 1. The highest BCUT2D eigenvalue weighted by Crippen LogP contribution is 2.17. The summed E-state index contributed by atoms with van der Waals surface area (Å²) in [6.07, 6.45) is 7.86. The van der Waals surface area contributed by atoms with E-state index >= 15 is 0 Å². The number of nitrogens with zero attached hydrogens (tertiary/aromatic N) is 3. The van der Waals surface area contributed by atoms with Gasteiger partial charge in [-0.3, -0.25) is 4.57 Å². The lowest BCUT2D eigenvalue weighted by Crippen LogP contribution is -2.20. The summed E-state index contributed by atoms with van der Waals surface area (Å²) >= 11 is 0. The second kappa shape index (κ2) is 7.73. The fourth-order valence-electron chi connectivity index (χ4n) is 2.25. The van der Waals surface area contributed by atoms with Crippen LogP contribution in [0, 0.1) is 0 Å². The standard InChI is InChI=1S/C13H26N4O2S/c1-4-5-6-7-8-9-10-12-15-16-13(20(14,18)19)17(12)11(2)3/h11H,4-10H2,1-3H3,(H2,14,18,19). The molecule has 0 aliphatic heterocycles. The molecule has 0 saturated heterocycles. The summed E-state index contributed by atoms with van der Waals surface area (Å²) in [6.45, 7) is 6.01. The number of aromatic nitrogens is 3. The van der Waals surface area contributed by atoms with Gasteiger partial charge in [0.25, 0.3) is 15.2 Å². The average Bonchev–Trinajstić information content (AvgIpc) is 2.77. The fourth-order valence-corrected chi connectivity index (χ4v) is 3.00. The molecule has 0 aliphatic rings. The zero-order valence-electron chi connectivity index (χ0n) is 12.7. The van der Waals surface area contributed by atoms with Crippen molar-refractivity contribution in [3.63, 3.8) is 0 Å². The van der Waals surface area contributed by atoms with Crippen molar-refractivity contribution in [3.8, 4) is 0 Å². The molecule has 0 aliphatic carbocycles. The molecular formula is C13H26N4O2S. The van der Waals surface area contributed by atoms with Gasteiger partial charge in [-0.05, 0) is 20.3 Å². The van der Waals surface area contributed by atoms with Crippen LogP contribution in [0.3, 0.4) is 0 Å². The molecule has 6 nitrogen and oxygen atoms in total. The van der Waals surface area contributed by atoms with Crippen LogP contribution in [0.1, 0.15) is 71.2 Å². The van der Waals surface area contributed by atoms with Gasteiger partial charge in [0.05, 0.1) is 0 Å². The Kier molecular flexibility index (Phi) is 6.61. The van der Waals surface area contributed by atoms with Crippen LogP contribution in [0.25, 0.3) is 0 Å². The third-order valence-corrected chi connectivity index (χ3v) is 4.05. The Morgan fingerprint density at radius 1 is 1.10 bits per heavy atom. The molecule has 0 spiro atoms. The van der Waals surface area contributed by atoms with Gasteiger partial charge in [-0.15, -0.1) is 10.2 Å². The maximum atomic E-state index is 11.5. The summed E-state index contributed by atoms with van der Waals surface area (Å²) in [4.78, 5) is 0. The predicted molar refractivity (Wildman–Crippen MR) is 78.9 cm³/mol. The Labute approximate surface area is 121 Å². The van der Waals surface area contributed by atoms with Crippen molar-refractivity contribution in [1.82, 2.24) is 14.8 Å². The molecule has 0 atom stereocenters. The van der Waals surface area contributed by atoms with E-state index in [1.165, 1.54) is 25.7 Å². The Morgan fingerprint density at radius 3 is 2.25 bits per heavy atom. The smallest absolute Gasteiger partial charge is 0.273 e. The first-order valence-electron chi connectivity index (χ1n) is 7.34. The third-order valence-electron chi connectivity index (χ3n) is 3.26. The summed E-state index contributed by atoms with van der Waals surface area (Å²) in [5.74, 6) is 0.708. The topological polar surface area (TPSA) is 90.9 Å². The molecule has 0 radical (unpaired) electrons. The number of unbranched alkanes of at least 4 members (excludes halogenated alkanes) is 5. The molecule has 1 aromatic heterocycles. The predicted octanol–water partition coefficient (Wildman–Crippen LogP) is 2.41. The summed E-state index contributed by atoms with van der Waals surface area (Å²) < 4.78 is 24.6. The highest BCUT2D eigenvalue weighted by molar-refractivity contribution is 7.89. The monoisotopic (exact) mass is 302 g/mol. The van der Waals surface area contributed by atoms with Gasteiger partial charge < -0.3 is 0 Å². The number of nitrogens with two attached hydrogens (primary N) is 1. The van der Waals surface area contributed by atoms with Crippen molar-refractivity contribution >= 4 is 10.0 Å². The molecule has 0 amide bonds. The van der Waals surface area contributed by atoms with Crippen molar-refractivity contribution < 1.29 is 8.42 Å². The Morgan fingerprint density at radius 2 is 1.70 bits per heavy atom. The fraction of sp³-hybridized carbons (Fsp3) is 0.846. The average molecular weight is 302 g/mol. The number of primary sulfonamides is 1. The highest BCUT2D eigenvalue weighted by atomic mass is 32.2. The second-order valence-corrected chi connectivity index (χ2v) is 6.88. The summed E-state index contributed by atoms with van der Waals surface area (Å²) in [5.41, 5.74) is 0. The Bertz CT molecular complexity index is 508.